The minimum atomic E-state index is 0. The van der Waals surface area contributed by atoms with Crippen LogP contribution in [0.1, 0.15) is 35.6 Å². The van der Waals surface area contributed by atoms with Gasteiger partial charge in [0.15, 0.2) is 5.76 Å². The molecule has 5 heteroatoms. The Morgan fingerprint density at radius 1 is 1.33 bits per heavy atom. The molecule has 18 heavy (non-hydrogen) atoms. The Bertz CT molecular complexity index is 418. The van der Waals surface area contributed by atoms with Crippen molar-refractivity contribution in [1.82, 2.24) is 10.2 Å². The van der Waals surface area contributed by atoms with Crippen LogP contribution in [0.5, 0.6) is 0 Å². The summed E-state index contributed by atoms with van der Waals surface area (Å²) in [5.41, 5.74) is 0. The molecule has 0 aromatic carbocycles. The van der Waals surface area contributed by atoms with E-state index in [4.69, 9.17) is 4.42 Å². The van der Waals surface area contributed by atoms with Gasteiger partial charge >= 0.3 is 0 Å². The normalized spacial score (nSPS) is 26.6. The molecule has 100 valence electrons. The summed E-state index contributed by atoms with van der Waals surface area (Å²) in [6, 6.07) is 4.38. The fourth-order valence-electron chi connectivity index (χ4n) is 2.99. The summed E-state index contributed by atoms with van der Waals surface area (Å²) in [6.07, 6.45) is 3.31. The van der Waals surface area contributed by atoms with Crippen LogP contribution in [-0.2, 0) is 0 Å². The van der Waals surface area contributed by atoms with Crippen LogP contribution in [0.4, 0.5) is 0 Å². The molecular weight excluding hydrogens is 252 g/mol. The van der Waals surface area contributed by atoms with Crippen molar-refractivity contribution in [1.29, 1.82) is 0 Å². The molecule has 2 aliphatic heterocycles. The van der Waals surface area contributed by atoms with Gasteiger partial charge in [-0.25, -0.2) is 0 Å². The van der Waals surface area contributed by atoms with Gasteiger partial charge in [0.25, 0.3) is 5.91 Å². The van der Waals surface area contributed by atoms with Gasteiger partial charge in [-0.05, 0) is 44.9 Å². The molecule has 2 aliphatic rings. The van der Waals surface area contributed by atoms with Crippen LogP contribution >= 0.6 is 12.4 Å². The van der Waals surface area contributed by atoms with E-state index in [1.807, 2.05) is 17.9 Å². The Labute approximate surface area is 113 Å². The second-order valence-corrected chi connectivity index (χ2v) is 5.00. The Morgan fingerprint density at radius 3 is 2.83 bits per heavy atom. The molecule has 0 spiro atoms. The van der Waals surface area contributed by atoms with Crippen LogP contribution in [-0.4, -0.2) is 36.0 Å². The Morgan fingerprint density at radius 2 is 2.11 bits per heavy atom. The van der Waals surface area contributed by atoms with Crippen LogP contribution in [0.15, 0.2) is 16.5 Å². The first-order valence-corrected chi connectivity index (χ1v) is 6.35. The molecule has 0 aliphatic carbocycles. The van der Waals surface area contributed by atoms with Crippen LogP contribution in [0.3, 0.4) is 0 Å². The third kappa shape index (κ3) is 2.27. The van der Waals surface area contributed by atoms with Gasteiger partial charge in [-0.1, -0.05) is 0 Å². The largest absolute Gasteiger partial charge is 0.456 e. The molecule has 1 aromatic rings. The molecule has 4 nitrogen and oxygen atoms in total. The molecule has 2 atom stereocenters. The third-order valence-electron chi connectivity index (χ3n) is 3.84. The molecule has 0 radical (unpaired) electrons. The number of aryl methyl sites for hydroxylation is 1. The van der Waals surface area contributed by atoms with Crippen molar-refractivity contribution in [3.05, 3.63) is 23.7 Å². The predicted molar refractivity (Wildman–Crippen MR) is 71.2 cm³/mol. The highest BCUT2D eigenvalue weighted by Crippen LogP contribution is 2.29. The van der Waals surface area contributed by atoms with Crippen LogP contribution in [0.2, 0.25) is 0 Å². The molecule has 1 aromatic heterocycles. The van der Waals surface area contributed by atoms with Gasteiger partial charge in [0, 0.05) is 18.6 Å². The van der Waals surface area contributed by atoms with E-state index in [0.717, 1.165) is 38.1 Å². The number of hydrogen-bond donors (Lipinski definition) is 1. The van der Waals surface area contributed by atoms with Crippen molar-refractivity contribution in [2.75, 3.05) is 13.1 Å². The molecule has 2 unspecified atom stereocenters. The lowest BCUT2D eigenvalue weighted by molar-refractivity contribution is 0.0646. The summed E-state index contributed by atoms with van der Waals surface area (Å²) in [4.78, 5) is 14.5. The van der Waals surface area contributed by atoms with Gasteiger partial charge < -0.3 is 14.6 Å². The monoisotopic (exact) mass is 270 g/mol. The highest BCUT2D eigenvalue weighted by Gasteiger charge is 2.39. The number of rotatable bonds is 1. The second kappa shape index (κ2) is 5.33. The van der Waals surface area contributed by atoms with E-state index in [1.54, 1.807) is 6.07 Å². The summed E-state index contributed by atoms with van der Waals surface area (Å²) < 4.78 is 5.45. The topological polar surface area (TPSA) is 45.5 Å². The average Bonchev–Trinajstić information content (AvgIpc) is 2.81. The first-order valence-electron chi connectivity index (χ1n) is 6.35. The summed E-state index contributed by atoms with van der Waals surface area (Å²) >= 11 is 0. The summed E-state index contributed by atoms with van der Waals surface area (Å²) in [5, 5.41) is 3.40. The highest BCUT2D eigenvalue weighted by molar-refractivity contribution is 5.92. The lowest BCUT2D eigenvalue weighted by Gasteiger charge is -2.26. The van der Waals surface area contributed by atoms with Crippen LogP contribution < -0.4 is 5.32 Å². The third-order valence-corrected chi connectivity index (χ3v) is 3.84. The van der Waals surface area contributed by atoms with Gasteiger partial charge in [-0.3, -0.25) is 4.79 Å². The molecule has 3 heterocycles. The van der Waals surface area contributed by atoms with Crippen LogP contribution in [0, 0.1) is 6.92 Å². The van der Waals surface area contributed by atoms with Gasteiger partial charge in [-0.2, -0.15) is 0 Å². The number of nitrogens with one attached hydrogen (secondary N) is 1. The van der Waals surface area contributed by atoms with Crippen molar-refractivity contribution in [2.45, 2.75) is 38.3 Å². The number of furan rings is 1. The average molecular weight is 271 g/mol. The Hall–Kier alpha value is -1.00. The van der Waals surface area contributed by atoms with E-state index in [-0.39, 0.29) is 18.3 Å². The van der Waals surface area contributed by atoms with E-state index in [9.17, 15) is 4.79 Å². The number of nitrogens with zero attached hydrogens (tertiary/aromatic N) is 1. The Kier molecular flexibility index (Phi) is 3.97. The second-order valence-electron chi connectivity index (χ2n) is 5.00. The molecular formula is C13H19ClN2O2. The predicted octanol–water partition coefficient (Wildman–Crippen LogP) is 1.98. The number of carbonyl (C=O) groups is 1. The number of hydrogen-bond acceptors (Lipinski definition) is 3. The molecule has 2 saturated heterocycles. The minimum Gasteiger partial charge on any atom is -0.456 e. The molecule has 1 N–H and O–H groups in total. The van der Waals surface area contributed by atoms with Crippen LogP contribution in [0.25, 0.3) is 0 Å². The fraction of sp³-hybridized carbons (Fsp3) is 0.615. The fourth-order valence-corrected chi connectivity index (χ4v) is 2.99. The lowest BCUT2D eigenvalue weighted by Crippen LogP contribution is -2.42. The zero-order valence-electron chi connectivity index (χ0n) is 10.5. The van der Waals surface area contributed by atoms with Crippen molar-refractivity contribution in [3.63, 3.8) is 0 Å². The molecule has 2 bridgehead atoms. The summed E-state index contributed by atoms with van der Waals surface area (Å²) in [7, 11) is 0. The molecule has 2 fully saturated rings. The number of halogens is 1. The number of carbonyl (C=O) groups excluding carboxylic acids is 1. The van der Waals surface area contributed by atoms with E-state index < -0.39 is 0 Å². The zero-order valence-corrected chi connectivity index (χ0v) is 11.3. The first kappa shape index (κ1) is 13.4. The maximum Gasteiger partial charge on any atom is 0.290 e. The van der Waals surface area contributed by atoms with E-state index in [0.29, 0.717) is 17.8 Å². The van der Waals surface area contributed by atoms with E-state index in [2.05, 4.69) is 5.32 Å². The van der Waals surface area contributed by atoms with Gasteiger partial charge in [0.2, 0.25) is 0 Å². The quantitative estimate of drug-likeness (QED) is 0.849. The van der Waals surface area contributed by atoms with E-state index >= 15 is 0 Å². The SMILES string of the molecule is Cc1ccc(C(=O)N2C3CCNCC2CC3)o1.Cl. The maximum absolute atomic E-state index is 12.4. The summed E-state index contributed by atoms with van der Waals surface area (Å²) in [5.74, 6) is 1.35. The Balaban J connectivity index is 0.00000120. The standard InChI is InChI=1S/C13H18N2O2.ClH/c1-9-2-5-12(17-9)13(16)15-10-3-4-11(15)8-14-7-6-10;/h2,5,10-11,14H,3-4,6-8H2,1H3;1H. The van der Waals surface area contributed by atoms with E-state index in [1.165, 1.54) is 0 Å². The van der Waals surface area contributed by atoms with Gasteiger partial charge in [0.1, 0.15) is 5.76 Å². The van der Waals surface area contributed by atoms with Crippen molar-refractivity contribution in [3.8, 4) is 0 Å². The van der Waals surface area contributed by atoms with Crippen molar-refractivity contribution >= 4 is 18.3 Å². The first-order chi connectivity index (χ1) is 8.25. The zero-order chi connectivity index (χ0) is 11.8. The lowest BCUT2D eigenvalue weighted by atomic mass is 10.1. The van der Waals surface area contributed by atoms with Gasteiger partial charge in [-0.15, -0.1) is 12.4 Å². The maximum atomic E-state index is 12.4. The molecule has 1 amide bonds. The number of amides is 1. The van der Waals surface area contributed by atoms with Gasteiger partial charge in [0.05, 0.1) is 0 Å². The summed E-state index contributed by atoms with van der Waals surface area (Å²) in [6.45, 7) is 3.80. The van der Waals surface area contributed by atoms with Crippen molar-refractivity contribution in [2.24, 2.45) is 0 Å². The molecule has 3 rings (SSSR count). The highest BCUT2D eigenvalue weighted by atomic mass is 35.5. The minimum absolute atomic E-state index is 0. The molecule has 0 saturated carbocycles. The number of fused-ring (bicyclic) bond motifs is 2. The van der Waals surface area contributed by atoms with Crippen molar-refractivity contribution < 1.29 is 9.21 Å². The smallest absolute Gasteiger partial charge is 0.290 e.